The Morgan fingerprint density at radius 2 is 2.25 bits per heavy atom. The van der Waals surface area contributed by atoms with E-state index in [1.165, 1.54) is 13.0 Å². The molecular weight excluding hydrogens is 158 g/mol. The number of hydrogen-bond acceptors (Lipinski definition) is 3. The monoisotopic (exact) mass is 173 g/mol. The van der Waals surface area contributed by atoms with Crippen LogP contribution in [0.25, 0.3) is 0 Å². The van der Waals surface area contributed by atoms with Gasteiger partial charge in [0.25, 0.3) is 0 Å². The first kappa shape index (κ1) is 11.1. The fourth-order valence-corrected chi connectivity index (χ4v) is 0.719. The Morgan fingerprint density at radius 1 is 1.67 bits per heavy atom. The zero-order valence-corrected chi connectivity index (χ0v) is 7.37. The van der Waals surface area contributed by atoms with Gasteiger partial charge < -0.3 is 15.5 Å². The first-order valence-electron chi connectivity index (χ1n) is 3.80. The Bertz CT molecular complexity index is 177. The molecular formula is C8H15NO3. The van der Waals surface area contributed by atoms with Crippen LogP contribution in [-0.2, 0) is 4.79 Å². The second-order valence-corrected chi connectivity index (χ2v) is 2.64. The van der Waals surface area contributed by atoms with Gasteiger partial charge in [-0.2, -0.15) is 0 Å². The highest BCUT2D eigenvalue weighted by Crippen LogP contribution is 1.98. The van der Waals surface area contributed by atoms with Crippen molar-refractivity contribution < 1.29 is 15.0 Å². The lowest BCUT2D eigenvalue weighted by Crippen LogP contribution is -2.22. The minimum Gasteiger partial charge on any atom is -0.478 e. The SMILES string of the molecule is CNCC(O)C/C=C(\C)C(=O)O. The maximum absolute atomic E-state index is 10.3. The highest BCUT2D eigenvalue weighted by atomic mass is 16.4. The molecule has 0 aliphatic rings. The minimum atomic E-state index is -0.938. The van der Waals surface area contributed by atoms with Crippen LogP contribution in [0.3, 0.4) is 0 Å². The molecule has 4 nitrogen and oxygen atoms in total. The van der Waals surface area contributed by atoms with Crippen molar-refractivity contribution in [3.8, 4) is 0 Å². The number of aliphatic hydroxyl groups is 1. The lowest BCUT2D eigenvalue weighted by Gasteiger charge is -2.05. The van der Waals surface area contributed by atoms with E-state index in [1.807, 2.05) is 0 Å². The highest BCUT2D eigenvalue weighted by Gasteiger charge is 2.02. The van der Waals surface area contributed by atoms with Crippen molar-refractivity contribution in [1.82, 2.24) is 5.32 Å². The zero-order valence-electron chi connectivity index (χ0n) is 7.37. The number of carboxylic acid groups (broad SMARTS) is 1. The Hall–Kier alpha value is -0.870. The lowest BCUT2D eigenvalue weighted by molar-refractivity contribution is -0.132. The summed E-state index contributed by atoms with van der Waals surface area (Å²) in [5.41, 5.74) is 0.269. The van der Waals surface area contributed by atoms with E-state index in [-0.39, 0.29) is 5.57 Å². The van der Waals surface area contributed by atoms with Gasteiger partial charge in [-0.1, -0.05) is 6.08 Å². The molecule has 4 heteroatoms. The Balaban J connectivity index is 3.79. The van der Waals surface area contributed by atoms with Crippen LogP contribution in [-0.4, -0.2) is 35.9 Å². The van der Waals surface area contributed by atoms with E-state index in [4.69, 9.17) is 5.11 Å². The number of rotatable bonds is 5. The molecule has 0 rings (SSSR count). The van der Waals surface area contributed by atoms with Crippen molar-refractivity contribution in [2.75, 3.05) is 13.6 Å². The molecule has 0 aliphatic heterocycles. The minimum absolute atomic E-state index is 0.269. The molecule has 0 heterocycles. The van der Waals surface area contributed by atoms with Crippen LogP contribution in [0.4, 0.5) is 0 Å². The quantitative estimate of drug-likeness (QED) is 0.511. The lowest BCUT2D eigenvalue weighted by atomic mass is 10.2. The smallest absolute Gasteiger partial charge is 0.330 e. The molecule has 0 saturated carbocycles. The molecule has 0 spiro atoms. The van der Waals surface area contributed by atoms with Crippen molar-refractivity contribution >= 4 is 5.97 Å². The molecule has 1 atom stereocenters. The molecule has 1 unspecified atom stereocenters. The van der Waals surface area contributed by atoms with Gasteiger partial charge in [0.15, 0.2) is 0 Å². The Morgan fingerprint density at radius 3 is 2.67 bits per heavy atom. The summed E-state index contributed by atoms with van der Waals surface area (Å²) in [6.07, 6.45) is 1.38. The number of aliphatic hydroxyl groups excluding tert-OH is 1. The Kier molecular flexibility index (Phi) is 5.32. The van der Waals surface area contributed by atoms with Gasteiger partial charge in [0, 0.05) is 12.1 Å². The van der Waals surface area contributed by atoms with Gasteiger partial charge in [0.2, 0.25) is 0 Å². The number of carboxylic acids is 1. The molecule has 0 aromatic heterocycles. The van der Waals surface area contributed by atoms with Crippen molar-refractivity contribution in [2.45, 2.75) is 19.4 Å². The molecule has 0 fully saturated rings. The van der Waals surface area contributed by atoms with Crippen LogP contribution >= 0.6 is 0 Å². The van der Waals surface area contributed by atoms with Crippen LogP contribution in [0.1, 0.15) is 13.3 Å². The normalized spacial score (nSPS) is 14.4. The number of aliphatic carboxylic acids is 1. The molecule has 0 bridgehead atoms. The number of nitrogens with one attached hydrogen (secondary N) is 1. The van der Waals surface area contributed by atoms with E-state index in [9.17, 15) is 9.90 Å². The standard InChI is InChI=1S/C8H15NO3/c1-6(8(11)12)3-4-7(10)5-9-2/h3,7,9-10H,4-5H2,1-2H3,(H,11,12)/b6-3+. The van der Waals surface area contributed by atoms with Crippen LogP contribution in [0.15, 0.2) is 11.6 Å². The summed E-state index contributed by atoms with van der Waals surface area (Å²) < 4.78 is 0. The van der Waals surface area contributed by atoms with Gasteiger partial charge in [0.05, 0.1) is 6.10 Å². The largest absolute Gasteiger partial charge is 0.478 e. The van der Waals surface area contributed by atoms with Gasteiger partial charge in [0.1, 0.15) is 0 Å². The Labute approximate surface area is 71.9 Å². The van der Waals surface area contributed by atoms with Gasteiger partial charge in [-0.25, -0.2) is 4.79 Å². The van der Waals surface area contributed by atoms with E-state index in [2.05, 4.69) is 5.32 Å². The fraction of sp³-hybridized carbons (Fsp3) is 0.625. The summed E-state index contributed by atoms with van der Waals surface area (Å²) in [5, 5.41) is 20.4. The third-order valence-corrected chi connectivity index (χ3v) is 1.47. The van der Waals surface area contributed by atoms with Crippen molar-refractivity contribution in [1.29, 1.82) is 0 Å². The average molecular weight is 173 g/mol. The summed E-state index contributed by atoms with van der Waals surface area (Å²) in [5.74, 6) is -0.938. The molecule has 0 aliphatic carbocycles. The molecule has 0 saturated heterocycles. The topological polar surface area (TPSA) is 69.6 Å². The van der Waals surface area contributed by atoms with Crippen molar-refractivity contribution in [3.05, 3.63) is 11.6 Å². The van der Waals surface area contributed by atoms with E-state index in [0.29, 0.717) is 13.0 Å². The summed E-state index contributed by atoms with van der Waals surface area (Å²) in [7, 11) is 1.73. The molecule has 0 amide bonds. The van der Waals surface area contributed by atoms with Crippen molar-refractivity contribution in [3.63, 3.8) is 0 Å². The summed E-state index contributed by atoms with van der Waals surface area (Å²) >= 11 is 0. The second-order valence-electron chi connectivity index (χ2n) is 2.64. The molecule has 3 N–H and O–H groups in total. The molecule has 0 radical (unpaired) electrons. The molecule has 0 aromatic carbocycles. The first-order chi connectivity index (χ1) is 5.57. The fourth-order valence-electron chi connectivity index (χ4n) is 0.719. The van der Waals surface area contributed by atoms with Gasteiger partial charge in [-0.05, 0) is 20.4 Å². The van der Waals surface area contributed by atoms with E-state index in [0.717, 1.165) is 0 Å². The predicted octanol–water partition coefficient (Wildman–Crippen LogP) is -0.0123. The molecule has 0 aromatic rings. The average Bonchev–Trinajstić information content (AvgIpc) is 2.00. The zero-order chi connectivity index (χ0) is 9.56. The summed E-state index contributed by atoms with van der Waals surface area (Å²) in [6.45, 7) is 1.98. The van der Waals surface area contributed by atoms with Gasteiger partial charge in [-0.3, -0.25) is 0 Å². The first-order valence-corrected chi connectivity index (χ1v) is 3.80. The van der Waals surface area contributed by atoms with E-state index in [1.54, 1.807) is 7.05 Å². The van der Waals surface area contributed by atoms with Crippen LogP contribution in [0.5, 0.6) is 0 Å². The van der Waals surface area contributed by atoms with Crippen LogP contribution in [0, 0.1) is 0 Å². The summed E-state index contributed by atoms with van der Waals surface area (Å²) in [6, 6.07) is 0. The summed E-state index contributed by atoms with van der Waals surface area (Å²) in [4.78, 5) is 10.3. The molecule has 70 valence electrons. The van der Waals surface area contributed by atoms with Gasteiger partial charge >= 0.3 is 5.97 Å². The number of likely N-dealkylation sites (N-methyl/N-ethyl adjacent to an activating group) is 1. The van der Waals surface area contributed by atoms with Crippen molar-refractivity contribution in [2.24, 2.45) is 0 Å². The van der Waals surface area contributed by atoms with Crippen LogP contribution < -0.4 is 5.32 Å². The predicted molar refractivity (Wildman–Crippen MR) is 45.9 cm³/mol. The van der Waals surface area contributed by atoms with Crippen LogP contribution in [0.2, 0.25) is 0 Å². The number of carbonyl (C=O) groups is 1. The third-order valence-electron chi connectivity index (χ3n) is 1.47. The maximum atomic E-state index is 10.3. The number of hydrogen-bond donors (Lipinski definition) is 3. The van der Waals surface area contributed by atoms with Gasteiger partial charge in [-0.15, -0.1) is 0 Å². The van der Waals surface area contributed by atoms with E-state index >= 15 is 0 Å². The third kappa shape index (κ3) is 4.87. The highest BCUT2D eigenvalue weighted by molar-refractivity contribution is 5.85. The van der Waals surface area contributed by atoms with E-state index < -0.39 is 12.1 Å². The maximum Gasteiger partial charge on any atom is 0.330 e. The second kappa shape index (κ2) is 5.74. The molecule has 12 heavy (non-hydrogen) atoms.